The fourth-order valence-electron chi connectivity index (χ4n) is 0.854. The van der Waals surface area contributed by atoms with Gasteiger partial charge in [0.05, 0.1) is 4.48 Å². The third kappa shape index (κ3) is 1.66. The van der Waals surface area contributed by atoms with Crippen LogP contribution in [0.1, 0.15) is 13.3 Å². The SMILES string of the molecule is CCC1=CC(=O)C(Br)=CC1=O. The second-order valence-corrected chi connectivity index (χ2v) is 3.10. The summed E-state index contributed by atoms with van der Waals surface area (Å²) in [6, 6.07) is 0. The van der Waals surface area contributed by atoms with Gasteiger partial charge in [-0.25, -0.2) is 0 Å². The molecule has 1 aliphatic rings. The molecule has 0 spiro atoms. The van der Waals surface area contributed by atoms with Gasteiger partial charge >= 0.3 is 0 Å². The second-order valence-electron chi connectivity index (χ2n) is 2.24. The summed E-state index contributed by atoms with van der Waals surface area (Å²) >= 11 is 3.00. The Morgan fingerprint density at radius 1 is 1.27 bits per heavy atom. The van der Waals surface area contributed by atoms with Crippen LogP contribution in [0.25, 0.3) is 0 Å². The molecule has 0 saturated heterocycles. The van der Waals surface area contributed by atoms with Gasteiger partial charge in [-0.15, -0.1) is 0 Å². The molecule has 0 unspecified atom stereocenters. The van der Waals surface area contributed by atoms with Gasteiger partial charge in [-0.2, -0.15) is 0 Å². The maximum absolute atomic E-state index is 11.1. The van der Waals surface area contributed by atoms with E-state index in [1.54, 1.807) is 0 Å². The molecule has 1 aliphatic carbocycles. The van der Waals surface area contributed by atoms with Crippen LogP contribution in [0.15, 0.2) is 22.2 Å². The third-order valence-corrected chi connectivity index (χ3v) is 2.12. The average Bonchev–Trinajstić information content (AvgIpc) is 1.97. The number of allylic oxidation sites excluding steroid dienone is 4. The van der Waals surface area contributed by atoms with Crippen molar-refractivity contribution in [3.8, 4) is 0 Å². The van der Waals surface area contributed by atoms with Crippen molar-refractivity contribution in [2.45, 2.75) is 13.3 Å². The van der Waals surface area contributed by atoms with Crippen LogP contribution >= 0.6 is 15.9 Å². The molecule has 0 amide bonds. The standard InChI is InChI=1S/C8H7BrO2/c1-2-5-3-8(11)6(9)4-7(5)10/h3-4H,2H2,1H3. The van der Waals surface area contributed by atoms with Gasteiger partial charge in [-0.05, 0) is 28.4 Å². The summed E-state index contributed by atoms with van der Waals surface area (Å²) in [4.78, 5) is 22.0. The Labute approximate surface area is 73.1 Å². The lowest BCUT2D eigenvalue weighted by molar-refractivity contribution is -0.114. The fourth-order valence-corrected chi connectivity index (χ4v) is 1.18. The maximum atomic E-state index is 11.1. The molecule has 0 aromatic carbocycles. The molecule has 0 fully saturated rings. The quantitative estimate of drug-likeness (QED) is 0.624. The molecule has 1 rings (SSSR count). The van der Waals surface area contributed by atoms with Crippen LogP contribution in [-0.4, -0.2) is 11.6 Å². The minimum Gasteiger partial charge on any atom is -0.290 e. The van der Waals surface area contributed by atoms with Crippen molar-refractivity contribution in [2.24, 2.45) is 0 Å². The molecule has 0 N–H and O–H groups in total. The molecule has 0 bridgehead atoms. The zero-order chi connectivity index (χ0) is 8.43. The van der Waals surface area contributed by atoms with Gasteiger partial charge < -0.3 is 0 Å². The van der Waals surface area contributed by atoms with Gasteiger partial charge in [0.25, 0.3) is 0 Å². The summed E-state index contributed by atoms with van der Waals surface area (Å²) in [6.07, 6.45) is 3.31. The van der Waals surface area contributed by atoms with Gasteiger partial charge in [-0.1, -0.05) is 6.92 Å². The molecule has 0 aliphatic heterocycles. The maximum Gasteiger partial charge on any atom is 0.193 e. The molecule has 0 aromatic rings. The summed E-state index contributed by atoms with van der Waals surface area (Å²) in [6.45, 7) is 1.85. The van der Waals surface area contributed by atoms with Crippen LogP contribution in [0.4, 0.5) is 0 Å². The first-order valence-electron chi connectivity index (χ1n) is 3.31. The van der Waals surface area contributed by atoms with Crippen LogP contribution in [0.3, 0.4) is 0 Å². The molecule has 0 atom stereocenters. The highest BCUT2D eigenvalue weighted by atomic mass is 79.9. The van der Waals surface area contributed by atoms with Gasteiger partial charge in [0.15, 0.2) is 11.6 Å². The molecule has 0 radical (unpaired) electrons. The third-order valence-electron chi connectivity index (χ3n) is 1.50. The van der Waals surface area contributed by atoms with Crippen LogP contribution in [0.2, 0.25) is 0 Å². The van der Waals surface area contributed by atoms with Crippen LogP contribution in [0, 0.1) is 0 Å². The normalized spacial score (nSPS) is 18.0. The van der Waals surface area contributed by atoms with Crippen molar-refractivity contribution >= 4 is 27.5 Å². The van der Waals surface area contributed by atoms with Gasteiger partial charge in [0.2, 0.25) is 0 Å². The van der Waals surface area contributed by atoms with Crippen molar-refractivity contribution in [3.63, 3.8) is 0 Å². The summed E-state index contributed by atoms with van der Waals surface area (Å²) in [5, 5.41) is 0. The topological polar surface area (TPSA) is 34.1 Å². The van der Waals surface area contributed by atoms with E-state index < -0.39 is 0 Å². The predicted molar refractivity (Wildman–Crippen MR) is 45.4 cm³/mol. The first kappa shape index (κ1) is 8.40. The number of carbonyl (C=O) groups excluding carboxylic acids is 2. The molecule has 0 aromatic heterocycles. The van der Waals surface area contributed by atoms with Crippen molar-refractivity contribution in [1.82, 2.24) is 0 Å². The molecule has 0 heterocycles. The lowest BCUT2D eigenvalue weighted by atomic mass is 10.0. The Hall–Kier alpha value is -0.700. The Bertz CT molecular complexity index is 274. The average molecular weight is 215 g/mol. The van der Waals surface area contributed by atoms with Crippen molar-refractivity contribution in [1.29, 1.82) is 0 Å². The minimum atomic E-state index is -0.124. The van der Waals surface area contributed by atoms with E-state index in [0.29, 0.717) is 16.5 Å². The highest BCUT2D eigenvalue weighted by Gasteiger charge is 2.16. The zero-order valence-electron chi connectivity index (χ0n) is 6.06. The lowest BCUT2D eigenvalue weighted by Crippen LogP contribution is -2.09. The molecule has 11 heavy (non-hydrogen) atoms. The molecule has 3 heteroatoms. The van der Waals surface area contributed by atoms with E-state index in [1.807, 2.05) is 6.92 Å². The summed E-state index contributed by atoms with van der Waals surface area (Å²) in [7, 11) is 0. The predicted octanol–water partition coefficient (Wildman–Crippen LogP) is 1.75. The second kappa shape index (κ2) is 3.13. The first-order chi connectivity index (χ1) is 5.15. The fraction of sp³-hybridized carbons (Fsp3) is 0.250. The van der Waals surface area contributed by atoms with Crippen molar-refractivity contribution in [3.05, 3.63) is 22.2 Å². The van der Waals surface area contributed by atoms with Gasteiger partial charge in [0.1, 0.15) is 0 Å². The monoisotopic (exact) mass is 214 g/mol. The molecular formula is C8H7BrO2. The highest BCUT2D eigenvalue weighted by molar-refractivity contribution is 9.12. The van der Waals surface area contributed by atoms with Crippen LogP contribution < -0.4 is 0 Å². The molecular weight excluding hydrogens is 208 g/mol. The van der Waals surface area contributed by atoms with Crippen molar-refractivity contribution in [2.75, 3.05) is 0 Å². The van der Waals surface area contributed by atoms with E-state index in [-0.39, 0.29) is 11.6 Å². The Morgan fingerprint density at radius 2 is 1.91 bits per heavy atom. The highest BCUT2D eigenvalue weighted by Crippen LogP contribution is 2.17. The van der Waals surface area contributed by atoms with E-state index in [9.17, 15) is 9.59 Å². The first-order valence-corrected chi connectivity index (χ1v) is 4.11. The summed E-state index contributed by atoms with van der Waals surface area (Å²) in [5.74, 6) is -0.194. The van der Waals surface area contributed by atoms with Crippen LogP contribution in [0.5, 0.6) is 0 Å². The summed E-state index contributed by atoms with van der Waals surface area (Å²) in [5.41, 5.74) is 0.582. The Balaban J connectivity index is 2.98. The Kier molecular flexibility index (Phi) is 2.39. The molecule has 0 saturated carbocycles. The van der Waals surface area contributed by atoms with E-state index >= 15 is 0 Å². The largest absolute Gasteiger partial charge is 0.290 e. The smallest absolute Gasteiger partial charge is 0.193 e. The van der Waals surface area contributed by atoms with E-state index in [2.05, 4.69) is 15.9 Å². The Morgan fingerprint density at radius 3 is 2.45 bits per heavy atom. The molecule has 2 nitrogen and oxygen atoms in total. The number of hydrogen-bond donors (Lipinski definition) is 0. The van der Waals surface area contributed by atoms with E-state index in [1.165, 1.54) is 12.2 Å². The van der Waals surface area contributed by atoms with Gasteiger partial charge in [-0.3, -0.25) is 9.59 Å². The number of rotatable bonds is 1. The number of carbonyl (C=O) groups is 2. The number of halogens is 1. The zero-order valence-corrected chi connectivity index (χ0v) is 7.64. The number of ketones is 2. The van der Waals surface area contributed by atoms with E-state index in [4.69, 9.17) is 0 Å². The van der Waals surface area contributed by atoms with E-state index in [0.717, 1.165) is 0 Å². The lowest BCUT2D eigenvalue weighted by Gasteiger charge is -2.04. The minimum absolute atomic E-state index is 0.0704. The number of hydrogen-bond acceptors (Lipinski definition) is 2. The molecule has 58 valence electrons. The van der Waals surface area contributed by atoms with Crippen LogP contribution in [-0.2, 0) is 9.59 Å². The van der Waals surface area contributed by atoms with Gasteiger partial charge in [0, 0.05) is 11.6 Å². The van der Waals surface area contributed by atoms with Crippen molar-refractivity contribution < 1.29 is 9.59 Å². The summed E-state index contributed by atoms with van der Waals surface area (Å²) < 4.78 is 0.347.